The molecule has 0 aliphatic heterocycles. The van der Waals surface area contributed by atoms with E-state index in [-0.39, 0.29) is 17.3 Å². The van der Waals surface area contributed by atoms with Crippen LogP contribution in [-0.4, -0.2) is 53.2 Å². The molecule has 0 unspecified atom stereocenters. The monoisotopic (exact) mass is 302 g/mol. The van der Waals surface area contributed by atoms with Gasteiger partial charge < -0.3 is 15.4 Å². The van der Waals surface area contributed by atoms with Crippen LogP contribution in [0.2, 0.25) is 0 Å². The minimum atomic E-state index is -3.80. The molecule has 0 saturated carbocycles. The molecule has 0 aromatic carbocycles. The van der Waals surface area contributed by atoms with Crippen molar-refractivity contribution in [2.75, 3.05) is 39.2 Å². The number of carbonyl (C=O) groups excluding carboxylic acids is 1. The Morgan fingerprint density at radius 2 is 2.20 bits per heavy atom. The Bertz CT molecular complexity index is 547. The Hall–Kier alpha value is -1.71. The van der Waals surface area contributed by atoms with Crippen molar-refractivity contribution in [3.05, 3.63) is 18.3 Å². The molecule has 0 aliphatic rings. The highest BCUT2D eigenvalue weighted by Gasteiger charge is 2.19. The van der Waals surface area contributed by atoms with E-state index >= 15 is 0 Å². The van der Waals surface area contributed by atoms with Crippen molar-refractivity contribution >= 4 is 21.7 Å². The Labute approximate surface area is 118 Å². The van der Waals surface area contributed by atoms with Gasteiger partial charge in [0.15, 0.2) is 0 Å². The van der Waals surface area contributed by atoms with E-state index in [0.717, 1.165) is 0 Å². The zero-order valence-electron chi connectivity index (χ0n) is 11.3. The molecule has 0 bridgehead atoms. The molecular formula is C11H18N4O4S. The van der Waals surface area contributed by atoms with Gasteiger partial charge >= 0.3 is 0 Å². The van der Waals surface area contributed by atoms with E-state index in [1.165, 1.54) is 25.4 Å². The predicted molar refractivity (Wildman–Crippen MR) is 73.9 cm³/mol. The van der Waals surface area contributed by atoms with Crippen LogP contribution in [0.3, 0.4) is 0 Å². The van der Waals surface area contributed by atoms with E-state index in [4.69, 9.17) is 4.74 Å². The lowest BCUT2D eigenvalue weighted by atomic mass is 10.5. The summed E-state index contributed by atoms with van der Waals surface area (Å²) in [5.74, 6) is -0.208. The number of amides is 1. The van der Waals surface area contributed by atoms with Crippen molar-refractivity contribution in [1.29, 1.82) is 0 Å². The molecule has 0 spiro atoms. The maximum Gasteiger partial charge on any atom is 0.244 e. The van der Waals surface area contributed by atoms with Crippen LogP contribution in [0.5, 0.6) is 0 Å². The maximum absolute atomic E-state index is 12.1. The molecule has 0 fully saturated rings. The van der Waals surface area contributed by atoms with Gasteiger partial charge in [0.05, 0.1) is 13.2 Å². The first-order valence-corrected chi connectivity index (χ1v) is 7.37. The molecule has 0 atom stereocenters. The standard InChI is InChI=1S/C11H18N4O4S/c1-12-11-9(4-3-5-14-11)20(17,18)15-8-10(16)13-6-7-19-2/h3-5,15H,6-8H2,1-2H3,(H,12,14)(H,13,16). The van der Waals surface area contributed by atoms with Crippen molar-refractivity contribution in [2.24, 2.45) is 0 Å². The summed E-state index contributed by atoms with van der Waals surface area (Å²) in [4.78, 5) is 15.3. The van der Waals surface area contributed by atoms with Crippen LogP contribution in [0.4, 0.5) is 5.82 Å². The van der Waals surface area contributed by atoms with Crippen molar-refractivity contribution in [2.45, 2.75) is 4.90 Å². The Balaban J connectivity index is 2.64. The third kappa shape index (κ3) is 4.76. The van der Waals surface area contributed by atoms with Gasteiger partial charge in [-0.3, -0.25) is 4.79 Å². The first kappa shape index (κ1) is 16.3. The number of anilines is 1. The highest BCUT2D eigenvalue weighted by atomic mass is 32.2. The third-order valence-corrected chi connectivity index (χ3v) is 3.78. The first-order valence-electron chi connectivity index (χ1n) is 5.89. The fourth-order valence-electron chi connectivity index (χ4n) is 1.39. The normalized spacial score (nSPS) is 11.1. The number of carbonyl (C=O) groups is 1. The van der Waals surface area contributed by atoms with Crippen LogP contribution in [0.15, 0.2) is 23.2 Å². The van der Waals surface area contributed by atoms with E-state index in [1.54, 1.807) is 7.05 Å². The maximum atomic E-state index is 12.1. The first-order chi connectivity index (χ1) is 9.51. The van der Waals surface area contributed by atoms with E-state index in [9.17, 15) is 13.2 Å². The van der Waals surface area contributed by atoms with E-state index in [1.807, 2.05) is 0 Å². The van der Waals surface area contributed by atoms with Crippen molar-refractivity contribution < 1.29 is 17.9 Å². The van der Waals surface area contributed by atoms with Gasteiger partial charge in [0.2, 0.25) is 15.9 Å². The molecule has 1 aromatic rings. The summed E-state index contributed by atoms with van der Waals surface area (Å²) in [5.41, 5.74) is 0. The number of nitrogens with zero attached hydrogens (tertiary/aromatic N) is 1. The molecule has 1 rings (SSSR count). The van der Waals surface area contributed by atoms with Crippen molar-refractivity contribution in [3.63, 3.8) is 0 Å². The largest absolute Gasteiger partial charge is 0.383 e. The molecule has 1 aromatic heterocycles. The minimum Gasteiger partial charge on any atom is -0.383 e. The number of ether oxygens (including phenoxy) is 1. The van der Waals surface area contributed by atoms with Crippen LogP contribution in [-0.2, 0) is 19.6 Å². The quantitative estimate of drug-likeness (QED) is 0.540. The molecule has 20 heavy (non-hydrogen) atoms. The van der Waals surface area contributed by atoms with Gasteiger partial charge in [-0.25, -0.2) is 18.1 Å². The highest BCUT2D eigenvalue weighted by Crippen LogP contribution is 2.16. The fourth-order valence-corrected chi connectivity index (χ4v) is 2.53. The van der Waals surface area contributed by atoms with E-state index < -0.39 is 15.9 Å². The van der Waals surface area contributed by atoms with Crippen molar-refractivity contribution in [3.8, 4) is 0 Å². The lowest BCUT2D eigenvalue weighted by molar-refractivity contribution is -0.120. The zero-order valence-corrected chi connectivity index (χ0v) is 12.2. The van der Waals surface area contributed by atoms with Crippen LogP contribution in [0.25, 0.3) is 0 Å². The second kappa shape index (κ2) is 7.78. The highest BCUT2D eigenvalue weighted by molar-refractivity contribution is 7.89. The summed E-state index contributed by atoms with van der Waals surface area (Å²) in [6.45, 7) is 0.348. The lowest BCUT2D eigenvalue weighted by Crippen LogP contribution is -2.38. The third-order valence-electron chi connectivity index (χ3n) is 2.35. The number of rotatable bonds is 8. The van der Waals surface area contributed by atoms with Gasteiger partial charge in [-0.2, -0.15) is 0 Å². The molecule has 112 valence electrons. The Morgan fingerprint density at radius 3 is 2.85 bits per heavy atom. The number of methoxy groups -OCH3 is 1. The van der Waals surface area contributed by atoms with Crippen molar-refractivity contribution in [1.82, 2.24) is 15.0 Å². The smallest absolute Gasteiger partial charge is 0.244 e. The molecule has 1 amide bonds. The molecule has 3 N–H and O–H groups in total. The van der Waals surface area contributed by atoms with Crippen LogP contribution >= 0.6 is 0 Å². The SMILES string of the molecule is CNc1ncccc1S(=O)(=O)NCC(=O)NCCOC. The van der Waals surface area contributed by atoms with Gasteiger partial charge in [-0.1, -0.05) is 0 Å². The number of nitrogens with one attached hydrogen (secondary N) is 3. The molecule has 1 heterocycles. The van der Waals surface area contributed by atoms with E-state index in [0.29, 0.717) is 13.2 Å². The van der Waals surface area contributed by atoms with Gasteiger partial charge in [0, 0.05) is 26.9 Å². The van der Waals surface area contributed by atoms with Crippen LogP contribution in [0, 0.1) is 0 Å². The second-order valence-electron chi connectivity index (χ2n) is 3.77. The summed E-state index contributed by atoms with van der Waals surface area (Å²) in [6.07, 6.45) is 1.47. The van der Waals surface area contributed by atoms with Crippen LogP contribution in [0.1, 0.15) is 0 Å². The summed E-state index contributed by atoms with van der Waals surface area (Å²) in [5, 5.41) is 5.20. The van der Waals surface area contributed by atoms with E-state index in [2.05, 4.69) is 20.3 Å². The average molecular weight is 302 g/mol. The Kier molecular flexibility index (Phi) is 6.36. The number of sulfonamides is 1. The van der Waals surface area contributed by atoms with Gasteiger partial charge in [-0.15, -0.1) is 0 Å². The summed E-state index contributed by atoms with van der Waals surface area (Å²) in [7, 11) is -0.717. The molecule has 0 radical (unpaired) electrons. The number of aromatic nitrogens is 1. The fraction of sp³-hybridized carbons (Fsp3) is 0.455. The predicted octanol–water partition coefficient (Wildman–Crippen LogP) is -0.836. The summed E-state index contributed by atoms with van der Waals surface area (Å²) < 4.78 is 31.1. The van der Waals surface area contributed by atoms with Crippen LogP contribution < -0.4 is 15.4 Å². The molecular weight excluding hydrogens is 284 g/mol. The minimum absolute atomic E-state index is 0.00723. The Morgan fingerprint density at radius 1 is 1.45 bits per heavy atom. The molecule has 0 saturated heterocycles. The zero-order chi connectivity index (χ0) is 15.0. The molecule has 8 nitrogen and oxygen atoms in total. The molecule has 0 aliphatic carbocycles. The summed E-state index contributed by atoms with van der Waals surface area (Å²) >= 11 is 0. The molecule has 9 heteroatoms. The van der Waals surface area contributed by atoms with Gasteiger partial charge in [0.25, 0.3) is 0 Å². The number of pyridine rings is 1. The lowest BCUT2D eigenvalue weighted by Gasteiger charge is -2.10. The number of hydrogen-bond donors (Lipinski definition) is 3. The summed E-state index contributed by atoms with van der Waals surface area (Å²) in [6, 6.07) is 2.91. The average Bonchev–Trinajstić information content (AvgIpc) is 2.45. The second-order valence-corrected chi connectivity index (χ2v) is 5.50. The topological polar surface area (TPSA) is 109 Å². The van der Waals surface area contributed by atoms with Gasteiger partial charge in [0.1, 0.15) is 10.7 Å². The van der Waals surface area contributed by atoms with Gasteiger partial charge in [-0.05, 0) is 12.1 Å². The number of hydrogen-bond acceptors (Lipinski definition) is 6.